The van der Waals surface area contributed by atoms with Gasteiger partial charge in [0.25, 0.3) is 5.91 Å². The highest BCUT2D eigenvalue weighted by molar-refractivity contribution is 5.93. The average Bonchev–Trinajstić information content (AvgIpc) is 3.15. The summed E-state index contributed by atoms with van der Waals surface area (Å²) in [5.74, 6) is -1.03. The molecule has 0 bridgehead atoms. The van der Waals surface area contributed by atoms with Crippen LogP contribution in [-0.4, -0.2) is 43.6 Å². The molecular formula is C19H24FN5O2. The molecular weight excluding hydrogens is 349 g/mol. The minimum absolute atomic E-state index is 0.0445. The van der Waals surface area contributed by atoms with E-state index in [1.165, 1.54) is 6.20 Å². The summed E-state index contributed by atoms with van der Waals surface area (Å²) in [5.41, 5.74) is 0.734. The zero-order chi connectivity index (χ0) is 19.8. The third-order valence-corrected chi connectivity index (χ3v) is 4.71. The normalized spacial score (nSPS) is 20.2. The molecule has 27 heavy (non-hydrogen) atoms. The van der Waals surface area contributed by atoms with Crippen molar-refractivity contribution in [2.45, 2.75) is 38.8 Å². The zero-order valence-electron chi connectivity index (χ0n) is 15.9. The lowest BCUT2D eigenvalue weighted by atomic mass is 9.93. The molecule has 0 aromatic carbocycles. The van der Waals surface area contributed by atoms with Crippen molar-refractivity contribution in [3.8, 4) is 0 Å². The van der Waals surface area contributed by atoms with Gasteiger partial charge in [0.1, 0.15) is 5.82 Å². The van der Waals surface area contributed by atoms with Gasteiger partial charge in [-0.2, -0.15) is 5.10 Å². The van der Waals surface area contributed by atoms with E-state index < -0.39 is 11.7 Å². The number of nitrogens with zero attached hydrogens (tertiary/aromatic N) is 4. The Hall–Kier alpha value is -2.77. The number of carbonyl (C=O) groups is 2. The van der Waals surface area contributed by atoms with Crippen molar-refractivity contribution >= 4 is 11.8 Å². The van der Waals surface area contributed by atoms with E-state index in [0.29, 0.717) is 13.0 Å². The maximum absolute atomic E-state index is 13.3. The van der Waals surface area contributed by atoms with Gasteiger partial charge < -0.3 is 10.2 Å². The van der Waals surface area contributed by atoms with Gasteiger partial charge in [-0.3, -0.25) is 19.3 Å². The van der Waals surface area contributed by atoms with Crippen molar-refractivity contribution < 1.29 is 14.0 Å². The van der Waals surface area contributed by atoms with E-state index in [1.807, 2.05) is 38.9 Å². The number of hydrogen-bond acceptors (Lipinski definition) is 4. The van der Waals surface area contributed by atoms with Crippen LogP contribution in [0.1, 0.15) is 49.2 Å². The van der Waals surface area contributed by atoms with Gasteiger partial charge in [0.2, 0.25) is 5.91 Å². The molecule has 1 N–H and O–H groups in total. The third kappa shape index (κ3) is 3.99. The summed E-state index contributed by atoms with van der Waals surface area (Å²) >= 11 is 0. The number of nitrogens with one attached hydrogen (secondary N) is 1. The predicted octanol–water partition coefficient (Wildman–Crippen LogP) is 2.07. The zero-order valence-corrected chi connectivity index (χ0v) is 15.9. The monoisotopic (exact) mass is 373 g/mol. The second-order valence-corrected chi connectivity index (χ2v) is 7.89. The SMILES string of the molecule is Cn1cc([C@@H]2[C@@H](CNC(=O)c3cncc(F)c3)CC(=O)N2C(C)(C)C)cn1. The number of hydrogen-bond donors (Lipinski definition) is 1. The maximum Gasteiger partial charge on any atom is 0.252 e. The predicted molar refractivity (Wildman–Crippen MR) is 97.2 cm³/mol. The van der Waals surface area contributed by atoms with Gasteiger partial charge in [0, 0.05) is 49.4 Å². The number of aryl methyl sites for hydroxylation is 1. The molecule has 7 nitrogen and oxygen atoms in total. The molecule has 1 fully saturated rings. The lowest BCUT2D eigenvalue weighted by Gasteiger charge is -2.38. The number of aromatic nitrogens is 3. The first-order chi connectivity index (χ1) is 12.7. The van der Waals surface area contributed by atoms with Gasteiger partial charge >= 0.3 is 0 Å². The molecule has 2 atom stereocenters. The van der Waals surface area contributed by atoms with Crippen molar-refractivity contribution in [2.24, 2.45) is 13.0 Å². The van der Waals surface area contributed by atoms with Crippen LogP contribution in [0.5, 0.6) is 0 Å². The van der Waals surface area contributed by atoms with Crippen molar-refractivity contribution in [1.29, 1.82) is 0 Å². The first kappa shape index (κ1) is 19.0. The number of rotatable bonds is 4. The highest BCUT2D eigenvalue weighted by atomic mass is 19.1. The Morgan fingerprint density at radius 1 is 1.33 bits per heavy atom. The summed E-state index contributed by atoms with van der Waals surface area (Å²) in [5, 5.41) is 7.05. The first-order valence-electron chi connectivity index (χ1n) is 8.86. The summed E-state index contributed by atoms with van der Waals surface area (Å²) in [6.07, 6.45) is 6.35. The molecule has 0 saturated carbocycles. The first-order valence-corrected chi connectivity index (χ1v) is 8.86. The maximum atomic E-state index is 13.3. The van der Waals surface area contributed by atoms with E-state index in [-0.39, 0.29) is 29.0 Å². The van der Waals surface area contributed by atoms with Gasteiger partial charge in [-0.05, 0) is 26.8 Å². The molecule has 3 rings (SSSR count). The quantitative estimate of drug-likeness (QED) is 0.890. The van der Waals surface area contributed by atoms with Crippen molar-refractivity contribution in [3.05, 3.63) is 47.8 Å². The number of amides is 2. The summed E-state index contributed by atoms with van der Waals surface area (Å²) < 4.78 is 15.0. The molecule has 1 saturated heterocycles. The number of carbonyl (C=O) groups excluding carboxylic acids is 2. The third-order valence-electron chi connectivity index (χ3n) is 4.71. The minimum atomic E-state index is -0.564. The molecule has 0 spiro atoms. The average molecular weight is 373 g/mol. The lowest BCUT2D eigenvalue weighted by Crippen LogP contribution is -2.44. The van der Waals surface area contributed by atoms with E-state index in [4.69, 9.17) is 0 Å². The van der Waals surface area contributed by atoms with Gasteiger partial charge in [-0.25, -0.2) is 4.39 Å². The summed E-state index contributed by atoms with van der Waals surface area (Å²) in [4.78, 5) is 30.6. The Morgan fingerprint density at radius 3 is 2.67 bits per heavy atom. The molecule has 3 heterocycles. The van der Waals surface area contributed by atoms with Gasteiger partial charge in [0.05, 0.1) is 24.0 Å². The standard InChI is InChI=1S/C19H24FN5O2/c1-19(2,3)25-16(26)6-12(17(25)14-9-23-24(4)11-14)8-22-18(27)13-5-15(20)10-21-7-13/h5,7,9-12,17H,6,8H2,1-4H3,(H,22,27)/t12-,17+/m1/s1. The molecule has 0 unspecified atom stereocenters. The second-order valence-electron chi connectivity index (χ2n) is 7.89. The number of halogens is 1. The van der Waals surface area contributed by atoms with Crippen molar-refractivity contribution in [1.82, 2.24) is 25.0 Å². The molecule has 2 aromatic rings. The molecule has 2 amide bonds. The molecule has 0 aliphatic carbocycles. The summed E-state index contributed by atoms with van der Waals surface area (Å²) in [7, 11) is 1.83. The fraction of sp³-hybridized carbons (Fsp3) is 0.474. The van der Waals surface area contributed by atoms with Crippen LogP contribution in [-0.2, 0) is 11.8 Å². The minimum Gasteiger partial charge on any atom is -0.352 e. The second kappa shape index (κ2) is 7.09. The van der Waals surface area contributed by atoms with Gasteiger partial charge in [-0.1, -0.05) is 0 Å². The molecule has 1 aliphatic heterocycles. The van der Waals surface area contributed by atoms with E-state index in [1.54, 1.807) is 10.9 Å². The van der Waals surface area contributed by atoms with Crippen LogP contribution in [0.3, 0.4) is 0 Å². The Bertz CT molecular complexity index is 858. The Morgan fingerprint density at radius 2 is 2.07 bits per heavy atom. The van der Waals surface area contributed by atoms with Crippen LogP contribution in [0.15, 0.2) is 30.9 Å². The fourth-order valence-corrected chi connectivity index (χ4v) is 3.65. The Labute approximate surface area is 157 Å². The van der Waals surface area contributed by atoms with Gasteiger partial charge in [-0.15, -0.1) is 0 Å². The van der Waals surface area contributed by atoms with Crippen LogP contribution in [0.2, 0.25) is 0 Å². The molecule has 144 valence electrons. The molecule has 0 radical (unpaired) electrons. The Balaban J connectivity index is 1.80. The Kier molecular flexibility index (Phi) is 4.99. The van der Waals surface area contributed by atoms with Gasteiger partial charge in [0.15, 0.2) is 0 Å². The summed E-state index contributed by atoms with van der Waals surface area (Å²) in [6.45, 7) is 6.28. The topological polar surface area (TPSA) is 80.1 Å². The van der Waals surface area contributed by atoms with E-state index in [9.17, 15) is 14.0 Å². The number of likely N-dealkylation sites (tertiary alicyclic amines) is 1. The van der Waals surface area contributed by atoms with E-state index in [0.717, 1.165) is 17.8 Å². The van der Waals surface area contributed by atoms with E-state index in [2.05, 4.69) is 15.4 Å². The van der Waals surface area contributed by atoms with E-state index >= 15 is 0 Å². The summed E-state index contributed by atoms with van der Waals surface area (Å²) in [6, 6.07) is 0.958. The highest BCUT2D eigenvalue weighted by Crippen LogP contribution is 2.42. The smallest absolute Gasteiger partial charge is 0.252 e. The lowest BCUT2D eigenvalue weighted by molar-refractivity contribution is -0.133. The molecule has 8 heteroatoms. The van der Waals surface area contributed by atoms with Crippen LogP contribution >= 0.6 is 0 Å². The van der Waals surface area contributed by atoms with Crippen LogP contribution in [0.25, 0.3) is 0 Å². The van der Waals surface area contributed by atoms with Crippen LogP contribution < -0.4 is 5.32 Å². The van der Waals surface area contributed by atoms with Crippen molar-refractivity contribution in [2.75, 3.05) is 6.54 Å². The van der Waals surface area contributed by atoms with Crippen molar-refractivity contribution in [3.63, 3.8) is 0 Å². The number of pyridine rings is 1. The van der Waals surface area contributed by atoms with Crippen LogP contribution in [0, 0.1) is 11.7 Å². The highest BCUT2D eigenvalue weighted by Gasteiger charge is 2.45. The van der Waals surface area contributed by atoms with Crippen LogP contribution in [0.4, 0.5) is 4.39 Å². The molecule has 2 aromatic heterocycles. The largest absolute Gasteiger partial charge is 0.352 e. The molecule has 1 aliphatic rings. The fourth-order valence-electron chi connectivity index (χ4n) is 3.65.